The van der Waals surface area contributed by atoms with Gasteiger partial charge in [-0.1, -0.05) is 26.0 Å². The Morgan fingerprint density at radius 2 is 1.91 bits per heavy atom. The summed E-state index contributed by atoms with van der Waals surface area (Å²) in [5.41, 5.74) is -2.84. The Balaban J connectivity index is 0.00000512. The van der Waals surface area contributed by atoms with Gasteiger partial charge in [0.1, 0.15) is 11.6 Å². The van der Waals surface area contributed by atoms with E-state index in [0.717, 1.165) is 10.1 Å². The van der Waals surface area contributed by atoms with Crippen LogP contribution in [0.4, 0.5) is 17.6 Å². The van der Waals surface area contributed by atoms with Crippen molar-refractivity contribution in [2.75, 3.05) is 19.6 Å². The highest BCUT2D eigenvalue weighted by Crippen LogP contribution is 2.40. The van der Waals surface area contributed by atoms with E-state index in [9.17, 15) is 22.7 Å². The van der Waals surface area contributed by atoms with Gasteiger partial charge in [0.15, 0.2) is 5.96 Å². The van der Waals surface area contributed by atoms with E-state index >= 15 is 0 Å². The molecular formula is C21H30F4IN5O. The maximum absolute atomic E-state index is 13.6. The minimum atomic E-state index is -4.90. The van der Waals surface area contributed by atoms with E-state index in [1.807, 2.05) is 20.8 Å². The molecule has 0 spiro atoms. The molecule has 11 heteroatoms. The van der Waals surface area contributed by atoms with Crippen LogP contribution in [-0.4, -0.2) is 46.4 Å². The fraction of sp³-hybridized carbons (Fsp3) is 0.524. The van der Waals surface area contributed by atoms with Gasteiger partial charge >= 0.3 is 6.18 Å². The molecule has 1 atom stereocenters. The molecule has 0 fully saturated rings. The van der Waals surface area contributed by atoms with Crippen LogP contribution in [0.3, 0.4) is 0 Å². The topological polar surface area (TPSA) is 74.5 Å². The number of aliphatic hydroxyl groups is 1. The molecule has 1 aromatic carbocycles. The highest BCUT2D eigenvalue weighted by molar-refractivity contribution is 14.0. The molecule has 2 rings (SSSR count). The molecule has 2 aromatic rings. The highest BCUT2D eigenvalue weighted by atomic mass is 127. The molecule has 0 radical (unpaired) electrons. The first-order valence-corrected chi connectivity index (χ1v) is 9.96. The van der Waals surface area contributed by atoms with Crippen LogP contribution in [0.5, 0.6) is 0 Å². The van der Waals surface area contributed by atoms with Crippen LogP contribution in [-0.2, 0) is 18.1 Å². The van der Waals surface area contributed by atoms with E-state index in [2.05, 4.69) is 20.6 Å². The van der Waals surface area contributed by atoms with Crippen LogP contribution in [0.2, 0.25) is 0 Å². The van der Waals surface area contributed by atoms with Gasteiger partial charge in [-0.2, -0.15) is 13.2 Å². The summed E-state index contributed by atoms with van der Waals surface area (Å²) in [4.78, 5) is 8.13. The van der Waals surface area contributed by atoms with Crippen LogP contribution in [0.15, 0.2) is 41.7 Å². The van der Waals surface area contributed by atoms with E-state index < -0.39 is 29.4 Å². The Hall–Kier alpha value is -1.89. The number of aryl methyl sites for hydroxylation is 1. The number of hydrogen-bond donors (Lipinski definition) is 3. The number of aromatic nitrogens is 2. The number of imidazole rings is 1. The van der Waals surface area contributed by atoms with Gasteiger partial charge in [-0.15, -0.1) is 24.0 Å². The normalized spacial score (nSPS) is 14.5. The van der Waals surface area contributed by atoms with Gasteiger partial charge in [0, 0.05) is 44.4 Å². The van der Waals surface area contributed by atoms with Crippen molar-refractivity contribution in [3.63, 3.8) is 0 Å². The van der Waals surface area contributed by atoms with Gasteiger partial charge < -0.3 is 20.3 Å². The molecule has 6 nitrogen and oxygen atoms in total. The molecule has 0 saturated heterocycles. The van der Waals surface area contributed by atoms with E-state index in [1.165, 1.54) is 31.6 Å². The van der Waals surface area contributed by atoms with Crippen molar-refractivity contribution in [2.45, 2.75) is 44.4 Å². The maximum Gasteiger partial charge on any atom is 0.424 e. The quantitative estimate of drug-likeness (QED) is 0.195. The van der Waals surface area contributed by atoms with Gasteiger partial charge in [-0.3, -0.25) is 4.99 Å². The molecular weight excluding hydrogens is 541 g/mol. The molecule has 0 amide bonds. The predicted octanol–water partition coefficient (Wildman–Crippen LogP) is 3.85. The van der Waals surface area contributed by atoms with Crippen molar-refractivity contribution in [3.8, 4) is 0 Å². The SMILES string of the molecule is CCNC(=NCC(C)(C)c1cccc(F)c1)NCCC(O)(c1nccn1C)C(F)(F)F.I. The molecule has 180 valence electrons. The number of nitrogens with zero attached hydrogens (tertiary/aromatic N) is 3. The molecule has 3 N–H and O–H groups in total. The highest BCUT2D eigenvalue weighted by Gasteiger charge is 2.57. The van der Waals surface area contributed by atoms with Crippen molar-refractivity contribution in [3.05, 3.63) is 53.9 Å². The summed E-state index contributed by atoms with van der Waals surface area (Å²) in [6, 6.07) is 6.22. The summed E-state index contributed by atoms with van der Waals surface area (Å²) in [5.74, 6) is -0.521. The standard InChI is InChI=1S/C21H29F4N5O.HI/c1-5-26-18(29-14-19(2,3)15-7-6-8-16(22)13-15)28-10-9-20(31,21(23,24)25)17-27-11-12-30(17)4;/h6-8,11-13,31H,5,9-10,14H2,1-4H3,(H2,26,28,29);1H. The zero-order valence-electron chi connectivity index (χ0n) is 18.5. The molecule has 1 aromatic heterocycles. The first-order valence-electron chi connectivity index (χ1n) is 9.96. The first-order chi connectivity index (χ1) is 14.4. The molecule has 0 aliphatic rings. The van der Waals surface area contributed by atoms with Crippen molar-refractivity contribution in [1.82, 2.24) is 20.2 Å². The largest absolute Gasteiger partial charge is 0.424 e. The van der Waals surface area contributed by atoms with Crippen molar-refractivity contribution >= 4 is 29.9 Å². The summed E-state index contributed by atoms with van der Waals surface area (Å²) in [5, 5.41) is 16.2. The van der Waals surface area contributed by atoms with Gasteiger partial charge in [0.25, 0.3) is 0 Å². The number of aliphatic imine (C=N–C) groups is 1. The van der Waals surface area contributed by atoms with Crippen molar-refractivity contribution in [2.24, 2.45) is 12.0 Å². The average molecular weight is 571 g/mol. The molecule has 0 saturated carbocycles. The summed E-state index contributed by atoms with van der Waals surface area (Å²) in [6.07, 6.45) is -3.00. The maximum atomic E-state index is 13.6. The van der Waals surface area contributed by atoms with Gasteiger partial charge in [0.05, 0.1) is 6.54 Å². The van der Waals surface area contributed by atoms with Crippen LogP contribution in [0.25, 0.3) is 0 Å². The van der Waals surface area contributed by atoms with E-state index in [1.54, 1.807) is 12.1 Å². The third-order valence-corrected chi connectivity index (χ3v) is 5.02. The summed E-state index contributed by atoms with van der Waals surface area (Å²) in [6.45, 7) is 6.20. The third-order valence-electron chi connectivity index (χ3n) is 5.02. The number of rotatable bonds is 8. The predicted molar refractivity (Wildman–Crippen MR) is 127 cm³/mol. The van der Waals surface area contributed by atoms with Gasteiger partial charge in [-0.25, -0.2) is 9.37 Å². The third kappa shape index (κ3) is 6.80. The van der Waals surface area contributed by atoms with E-state index in [4.69, 9.17) is 0 Å². The fourth-order valence-electron chi connectivity index (χ4n) is 3.13. The molecule has 0 bridgehead atoms. The van der Waals surface area contributed by atoms with Crippen LogP contribution in [0, 0.1) is 5.82 Å². The Labute approximate surface area is 202 Å². The Kier molecular flexibility index (Phi) is 9.94. The van der Waals surface area contributed by atoms with Crippen LogP contribution < -0.4 is 10.6 Å². The zero-order valence-corrected chi connectivity index (χ0v) is 20.8. The lowest BCUT2D eigenvalue weighted by atomic mass is 9.85. The zero-order chi connectivity index (χ0) is 23.3. The second-order valence-electron chi connectivity index (χ2n) is 7.99. The van der Waals surface area contributed by atoms with Crippen LogP contribution >= 0.6 is 24.0 Å². The number of benzene rings is 1. The lowest BCUT2D eigenvalue weighted by Crippen LogP contribution is -2.48. The van der Waals surface area contributed by atoms with Crippen molar-refractivity contribution < 1.29 is 22.7 Å². The number of nitrogens with one attached hydrogen (secondary N) is 2. The first kappa shape index (κ1) is 28.1. The smallest absolute Gasteiger partial charge is 0.374 e. The van der Waals surface area contributed by atoms with Gasteiger partial charge in [-0.05, 0) is 24.6 Å². The molecule has 1 unspecified atom stereocenters. The second-order valence-corrected chi connectivity index (χ2v) is 7.99. The Morgan fingerprint density at radius 1 is 1.22 bits per heavy atom. The van der Waals surface area contributed by atoms with Gasteiger partial charge in [0.2, 0.25) is 5.60 Å². The lowest BCUT2D eigenvalue weighted by Gasteiger charge is -2.30. The minimum absolute atomic E-state index is 0. The monoisotopic (exact) mass is 571 g/mol. The summed E-state index contributed by atoms with van der Waals surface area (Å²) in [7, 11) is 1.40. The molecule has 1 heterocycles. The molecule has 32 heavy (non-hydrogen) atoms. The molecule has 0 aliphatic carbocycles. The summed E-state index contributed by atoms with van der Waals surface area (Å²) < 4.78 is 55.6. The number of guanidine groups is 1. The Bertz CT molecular complexity index is 900. The second kappa shape index (κ2) is 11.3. The number of alkyl halides is 3. The number of hydrogen-bond acceptors (Lipinski definition) is 3. The number of halogens is 5. The van der Waals surface area contributed by atoms with E-state index in [0.29, 0.717) is 12.5 Å². The van der Waals surface area contributed by atoms with Crippen molar-refractivity contribution in [1.29, 1.82) is 0 Å². The van der Waals surface area contributed by atoms with E-state index in [-0.39, 0.29) is 42.9 Å². The molecule has 0 aliphatic heterocycles. The average Bonchev–Trinajstić information content (AvgIpc) is 3.11. The summed E-state index contributed by atoms with van der Waals surface area (Å²) >= 11 is 0. The minimum Gasteiger partial charge on any atom is -0.374 e. The fourth-order valence-corrected chi connectivity index (χ4v) is 3.13. The lowest BCUT2D eigenvalue weighted by molar-refractivity contribution is -0.272. The Morgan fingerprint density at radius 3 is 2.44 bits per heavy atom. The van der Waals surface area contributed by atoms with Crippen LogP contribution in [0.1, 0.15) is 38.6 Å².